The molecule has 2 aliphatic rings. The van der Waals surface area contributed by atoms with Crippen molar-refractivity contribution in [1.82, 2.24) is 0 Å². The third-order valence-electron chi connectivity index (χ3n) is 3.20. The second kappa shape index (κ2) is 4.59. The van der Waals surface area contributed by atoms with E-state index < -0.39 is 0 Å². The minimum atomic E-state index is -0.248. The maximum Gasteiger partial charge on any atom is 1.00 e. The molecule has 0 saturated carbocycles. The van der Waals surface area contributed by atoms with Gasteiger partial charge in [0.05, 0.1) is 18.6 Å². The van der Waals surface area contributed by atoms with E-state index in [0.29, 0.717) is 25.6 Å². The van der Waals surface area contributed by atoms with Crippen LogP contribution < -0.4 is 63.9 Å². The van der Waals surface area contributed by atoms with Crippen molar-refractivity contribution in [3.05, 3.63) is 35.1 Å². The zero-order valence-corrected chi connectivity index (χ0v) is 14.2. The van der Waals surface area contributed by atoms with E-state index in [1.165, 1.54) is 0 Å². The zero-order valence-electron chi connectivity index (χ0n) is 9.29. The molecule has 0 bridgehead atoms. The van der Waals surface area contributed by atoms with Crippen molar-refractivity contribution in [3.8, 4) is 0 Å². The first-order valence-corrected chi connectivity index (χ1v) is 4.98. The molecule has 3 rings (SSSR count). The first-order chi connectivity index (χ1) is 7.26. The molecular weight excluding hydrogens is 276 g/mol. The molecule has 16 heavy (non-hydrogen) atoms. The molecule has 1 aromatic rings. The summed E-state index contributed by atoms with van der Waals surface area (Å²) in [5.41, 5.74) is 16.3. The van der Waals surface area contributed by atoms with Gasteiger partial charge in [-0.25, -0.2) is 0 Å². The Morgan fingerprint density at radius 1 is 1.44 bits per heavy atom. The van der Waals surface area contributed by atoms with Crippen molar-refractivity contribution in [2.75, 3.05) is 13.2 Å². The molecule has 2 heterocycles. The number of nitrogens with two attached hydrogens (primary N) is 1. The number of amidine groups is 1. The summed E-state index contributed by atoms with van der Waals surface area (Å²) in [6.07, 6.45) is 0. The van der Waals surface area contributed by atoms with Crippen LogP contribution in [0.3, 0.4) is 0 Å². The van der Waals surface area contributed by atoms with E-state index in [9.17, 15) is 0 Å². The first-order valence-electron chi connectivity index (χ1n) is 4.98. The number of aliphatic imine (C=N–C) groups is 1. The number of nitrogens with zero attached hydrogens (tertiary/aromatic N) is 1. The molecule has 0 aliphatic carbocycles. The first kappa shape index (κ1) is 12.9. The van der Waals surface area contributed by atoms with Gasteiger partial charge < -0.3 is 21.2 Å². The standard InChI is InChI=1S/C11H12N3O.Rb/c12-4-7-1-2-8-9(3-7)14-10(13)11(8)5-15-6-11;/h1-3H,4-6,12H2,(H-,13,14);/q-1;+1. The molecule has 0 amide bonds. The van der Waals surface area contributed by atoms with Crippen LogP contribution in [-0.4, -0.2) is 19.0 Å². The number of nitrogens with one attached hydrogen (secondary N) is 1. The summed E-state index contributed by atoms with van der Waals surface area (Å²) in [7, 11) is 0. The zero-order chi connectivity index (χ0) is 10.5. The summed E-state index contributed by atoms with van der Waals surface area (Å²) in [5.74, 6) is 0.429. The fourth-order valence-corrected chi connectivity index (χ4v) is 2.15. The predicted molar refractivity (Wildman–Crippen MR) is 58.2 cm³/mol. The van der Waals surface area contributed by atoms with Crippen molar-refractivity contribution in [2.45, 2.75) is 12.0 Å². The molecule has 1 saturated heterocycles. The van der Waals surface area contributed by atoms with Gasteiger partial charge in [-0.2, -0.15) is 0 Å². The van der Waals surface area contributed by atoms with Crippen LogP contribution in [0.2, 0.25) is 0 Å². The molecule has 3 N–H and O–H groups in total. The van der Waals surface area contributed by atoms with E-state index >= 15 is 0 Å². The Morgan fingerprint density at radius 2 is 2.19 bits per heavy atom. The van der Waals surface area contributed by atoms with Crippen molar-refractivity contribution in [1.29, 1.82) is 0 Å². The van der Waals surface area contributed by atoms with Crippen molar-refractivity contribution < 1.29 is 62.9 Å². The number of fused-ring (bicyclic) bond motifs is 2. The SMILES string of the molecule is [NH-]C1=Nc2cc(CN)ccc2C12COC2.[Rb+]. The fourth-order valence-electron chi connectivity index (χ4n) is 2.15. The van der Waals surface area contributed by atoms with Gasteiger partial charge in [-0.15, -0.1) is 0 Å². The molecule has 0 aromatic heterocycles. The smallest absolute Gasteiger partial charge is 0.485 e. The number of benzene rings is 1. The summed E-state index contributed by atoms with van der Waals surface area (Å²) >= 11 is 0. The molecule has 5 heteroatoms. The van der Waals surface area contributed by atoms with Gasteiger partial charge in [0.15, 0.2) is 0 Å². The second-order valence-electron chi connectivity index (χ2n) is 4.09. The average Bonchev–Trinajstić information content (AvgIpc) is 2.47. The van der Waals surface area contributed by atoms with Gasteiger partial charge in [0.25, 0.3) is 0 Å². The fraction of sp³-hybridized carbons (Fsp3) is 0.364. The maximum atomic E-state index is 7.89. The van der Waals surface area contributed by atoms with Crippen LogP contribution in [0.5, 0.6) is 0 Å². The Hall–Kier alpha value is 0.415. The van der Waals surface area contributed by atoms with Crippen LogP contribution in [0.4, 0.5) is 5.69 Å². The van der Waals surface area contributed by atoms with Gasteiger partial charge >= 0.3 is 58.2 Å². The minimum Gasteiger partial charge on any atom is -0.485 e. The van der Waals surface area contributed by atoms with Gasteiger partial charge in [0.2, 0.25) is 0 Å². The van der Waals surface area contributed by atoms with Crippen LogP contribution in [0, 0.1) is 0 Å². The summed E-state index contributed by atoms with van der Waals surface area (Å²) in [6.45, 7) is 1.69. The molecule has 0 atom stereocenters. The topological polar surface area (TPSA) is 71.4 Å². The number of hydrogen-bond acceptors (Lipinski definition) is 3. The molecule has 4 nitrogen and oxygen atoms in total. The third-order valence-corrected chi connectivity index (χ3v) is 3.20. The molecular formula is C11H12N3ORb. The number of ether oxygens (including phenoxy) is 1. The maximum absolute atomic E-state index is 7.89. The molecule has 78 valence electrons. The largest absolute Gasteiger partial charge is 1.00 e. The van der Waals surface area contributed by atoms with Crippen molar-refractivity contribution in [2.24, 2.45) is 10.7 Å². The molecule has 1 fully saturated rings. The van der Waals surface area contributed by atoms with E-state index in [4.69, 9.17) is 16.2 Å². The quantitative estimate of drug-likeness (QED) is 0.684. The van der Waals surface area contributed by atoms with E-state index in [2.05, 4.69) is 4.99 Å². The Morgan fingerprint density at radius 3 is 2.75 bits per heavy atom. The Kier molecular flexibility index (Phi) is 3.69. The molecule has 1 spiro atoms. The van der Waals surface area contributed by atoms with Gasteiger partial charge in [0.1, 0.15) is 0 Å². The monoisotopic (exact) mass is 287 g/mol. The normalized spacial score (nSPS) is 19.7. The predicted octanol–water partition coefficient (Wildman–Crippen LogP) is -1.49. The van der Waals surface area contributed by atoms with Crippen LogP contribution in [-0.2, 0) is 16.7 Å². The molecule has 0 unspecified atom stereocenters. The van der Waals surface area contributed by atoms with Gasteiger partial charge in [-0.1, -0.05) is 24.0 Å². The minimum absolute atomic E-state index is 0. The third kappa shape index (κ3) is 1.67. The number of hydrogen-bond donors (Lipinski definition) is 1. The van der Waals surface area contributed by atoms with Gasteiger partial charge in [-0.3, -0.25) is 0 Å². The summed E-state index contributed by atoms with van der Waals surface area (Å²) in [5, 5.41) is 0. The summed E-state index contributed by atoms with van der Waals surface area (Å²) in [4.78, 5) is 4.28. The second-order valence-corrected chi connectivity index (χ2v) is 4.09. The Labute approximate surface area is 143 Å². The number of rotatable bonds is 1. The van der Waals surface area contributed by atoms with Crippen LogP contribution in [0.1, 0.15) is 11.1 Å². The van der Waals surface area contributed by atoms with Crippen LogP contribution in [0.25, 0.3) is 5.73 Å². The van der Waals surface area contributed by atoms with Crippen LogP contribution in [0.15, 0.2) is 23.2 Å². The Bertz CT molecular complexity index is 455. The average molecular weight is 288 g/mol. The Balaban J connectivity index is 0.000000963. The van der Waals surface area contributed by atoms with E-state index in [1.54, 1.807) is 0 Å². The van der Waals surface area contributed by atoms with E-state index in [-0.39, 0.29) is 63.6 Å². The summed E-state index contributed by atoms with van der Waals surface area (Å²) in [6, 6.07) is 6.01. The molecule has 1 aromatic carbocycles. The van der Waals surface area contributed by atoms with Crippen molar-refractivity contribution >= 4 is 11.5 Å². The molecule has 2 aliphatic heterocycles. The van der Waals surface area contributed by atoms with Crippen LogP contribution >= 0.6 is 0 Å². The van der Waals surface area contributed by atoms with E-state index in [1.807, 2.05) is 18.2 Å². The van der Waals surface area contributed by atoms with E-state index in [0.717, 1.165) is 16.8 Å². The summed E-state index contributed by atoms with van der Waals surface area (Å²) < 4.78 is 5.22. The van der Waals surface area contributed by atoms with Gasteiger partial charge in [-0.05, 0) is 16.8 Å². The van der Waals surface area contributed by atoms with Crippen molar-refractivity contribution in [3.63, 3.8) is 0 Å². The molecule has 0 radical (unpaired) electrons. The van der Waals surface area contributed by atoms with Gasteiger partial charge in [0, 0.05) is 6.54 Å².